The van der Waals surface area contributed by atoms with Crippen molar-refractivity contribution in [2.24, 2.45) is 5.92 Å². The van der Waals surface area contributed by atoms with Crippen molar-refractivity contribution < 1.29 is 9.21 Å². The van der Waals surface area contributed by atoms with E-state index >= 15 is 0 Å². The van der Waals surface area contributed by atoms with Crippen molar-refractivity contribution in [3.63, 3.8) is 0 Å². The Morgan fingerprint density at radius 1 is 1.46 bits per heavy atom. The summed E-state index contributed by atoms with van der Waals surface area (Å²) in [6.07, 6.45) is 1.97. The van der Waals surface area contributed by atoms with Crippen LogP contribution in [0.2, 0.25) is 5.02 Å². The molecule has 1 N–H and O–H groups in total. The monoisotopic (exact) mass is 375 g/mol. The molecule has 2 aromatic rings. The summed E-state index contributed by atoms with van der Waals surface area (Å²) < 4.78 is 5.85. The number of amides is 1. The number of halogens is 1. The molecule has 2 heterocycles. The number of likely N-dealkylation sites (tertiary alicyclic amines) is 1. The van der Waals surface area contributed by atoms with Crippen LogP contribution in [0.15, 0.2) is 28.7 Å². The summed E-state index contributed by atoms with van der Waals surface area (Å²) in [7, 11) is 0. The Morgan fingerprint density at radius 3 is 3.00 bits per heavy atom. The van der Waals surface area contributed by atoms with Crippen LogP contribution in [-0.2, 0) is 11.3 Å². The Balaban J connectivity index is 1.68. The van der Waals surface area contributed by atoms with Crippen LogP contribution in [0, 0.1) is 12.8 Å². The van der Waals surface area contributed by atoms with Crippen LogP contribution >= 0.6 is 11.6 Å². The van der Waals surface area contributed by atoms with E-state index < -0.39 is 0 Å². The van der Waals surface area contributed by atoms with E-state index in [9.17, 15) is 4.79 Å². The van der Waals surface area contributed by atoms with Crippen LogP contribution in [-0.4, -0.2) is 34.9 Å². The van der Waals surface area contributed by atoms with Gasteiger partial charge in [-0.15, -0.1) is 0 Å². The molecule has 1 aliphatic rings. The van der Waals surface area contributed by atoms with Gasteiger partial charge >= 0.3 is 0 Å². The fourth-order valence-electron chi connectivity index (χ4n) is 3.35. The highest BCUT2D eigenvalue weighted by Gasteiger charge is 2.27. The molecule has 26 heavy (non-hydrogen) atoms. The van der Waals surface area contributed by atoms with Crippen LogP contribution in [0.3, 0.4) is 0 Å². The largest absolute Gasteiger partial charge is 0.441 e. The number of rotatable bonds is 5. The highest BCUT2D eigenvalue weighted by molar-refractivity contribution is 6.30. The van der Waals surface area contributed by atoms with E-state index in [2.05, 4.69) is 15.2 Å². The summed E-state index contributed by atoms with van der Waals surface area (Å²) in [4.78, 5) is 19.3. The molecule has 0 spiro atoms. The number of benzene rings is 1. The molecule has 6 heteroatoms. The maximum Gasteiger partial charge on any atom is 0.226 e. The molecule has 0 unspecified atom stereocenters. The zero-order chi connectivity index (χ0) is 18.7. The average Bonchev–Trinajstić information content (AvgIpc) is 2.95. The van der Waals surface area contributed by atoms with E-state index in [0.717, 1.165) is 42.9 Å². The normalized spacial score (nSPS) is 18.3. The van der Waals surface area contributed by atoms with Crippen molar-refractivity contribution in [3.05, 3.63) is 40.7 Å². The molecule has 1 saturated heterocycles. The number of piperidine rings is 1. The first kappa shape index (κ1) is 18.9. The quantitative estimate of drug-likeness (QED) is 0.856. The predicted octanol–water partition coefficient (Wildman–Crippen LogP) is 4.04. The number of aryl methyl sites for hydroxylation is 1. The zero-order valence-corrected chi connectivity index (χ0v) is 16.3. The van der Waals surface area contributed by atoms with Gasteiger partial charge in [-0.2, -0.15) is 0 Å². The Morgan fingerprint density at radius 2 is 2.27 bits per heavy atom. The summed E-state index contributed by atoms with van der Waals surface area (Å²) in [5, 5.41) is 3.69. The molecule has 1 atom stereocenters. The number of nitrogens with zero attached hydrogens (tertiary/aromatic N) is 2. The third-order valence-electron chi connectivity index (χ3n) is 4.64. The molecule has 1 amide bonds. The standard InChI is InChI=1S/C20H26ClN3O2/c1-13(2)22-19(25)16-7-5-9-24(11-16)12-18-14(3)26-20(23-18)15-6-4-8-17(21)10-15/h4,6,8,10,13,16H,5,7,9,11-12H2,1-3H3,(H,22,25)/t16-/m1/s1. The van der Waals surface area contributed by atoms with Gasteiger partial charge < -0.3 is 9.73 Å². The third kappa shape index (κ3) is 4.65. The fourth-order valence-corrected chi connectivity index (χ4v) is 3.54. The molecule has 5 nitrogen and oxygen atoms in total. The second-order valence-corrected chi connectivity index (χ2v) is 7.71. The number of nitrogens with one attached hydrogen (secondary N) is 1. The van der Waals surface area contributed by atoms with Gasteiger partial charge in [0.1, 0.15) is 5.76 Å². The van der Waals surface area contributed by atoms with Gasteiger partial charge in [-0.3, -0.25) is 9.69 Å². The minimum absolute atomic E-state index is 0.0470. The Labute approximate surface area is 159 Å². The fraction of sp³-hybridized carbons (Fsp3) is 0.500. The first-order chi connectivity index (χ1) is 12.4. The third-order valence-corrected chi connectivity index (χ3v) is 4.88. The molecule has 1 fully saturated rings. The molecule has 1 aromatic heterocycles. The lowest BCUT2D eigenvalue weighted by atomic mass is 9.96. The van der Waals surface area contributed by atoms with Gasteiger partial charge in [-0.05, 0) is 58.4 Å². The number of carbonyl (C=O) groups is 1. The predicted molar refractivity (Wildman–Crippen MR) is 103 cm³/mol. The second kappa shape index (κ2) is 8.23. The highest BCUT2D eigenvalue weighted by Crippen LogP contribution is 2.26. The van der Waals surface area contributed by atoms with E-state index in [4.69, 9.17) is 16.0 Å². The summed E-state index contributed by atoms with van der Waals surface area (Å²) >= 11 is 6.06. The number of hydrogen-bond acceptors (Lipinski definition) is 4. The van der Waals surface area contributed by atoms with E-state index in [1.54, 1.807) is 0 Å². The van der Waals surface area contributed by atoms with Crippen LogP contribution < -0.4 is 5.32 Å². The maximum atomic E-state index is 12.3. The Kier molecular flexibility index (Phi) is 5.99. The van der Waals surface area contributed by atoms with Crippen molar-refractivity contribution in [2.75, 3.05) is 13.1 Å². The summed E-state index contributed by atoms with van der Waals surface area (Å²) in [5.74, 6) is 1.60. The molecule has 140 valence electrons. The molecule has 0 bridgehead atoms. The van der Waals surface area contributed by atoms with Gasteiger partial charge in [0, 0.05) is 29.7 Å². The minimum atomic E-state index is 0.0470. The van der Waals surface area contributed by atoms with Gasteiger partial charge in [0.05, 0.1) is 11.6 Å². The van der Waals surface area contributed by atoms with E-state index in [1.165, 1.54) is 0 Å². The number of aromatic nitrogens is 1. The highest BCUT2D eigenvalue weighted by atomic mass is 35.5. The maximum absolute atomic E-state index is 12.3. The van der Waals surface area contributed by atoms with E-state index in [1.807, 2.05) is 45.0 Å². The smallest absolute Gasteiger partial charge is 0.226 e. The van der Waals surface area contributed by atoms with Crippen LogP contribution in [0.5, 0.6) is 0 Å². The number of hydrogen-bond donors (Lipinski definition) is 1. The molecular formula is C20H26ClN3O2. The molecule has 1 aliphatic heterocycles. The van der Waals surface area contributed by atoms with Gasteiger partial charge in [0.25, 0.3) is 0 Å². The zero-order valence-electron chi connectivity index (χ0n) is 15.6. The number of oxazole rings is 1. The van der Waals surface area contributed by atoms with E-state index in [-0.39, 0.29) is 17.9 Å². The van der Waals surface area contributed by atoms with Crippen LogP contribution in [0.4, 0.5) is 0 Å². The lowest BCUT2D eigenvalue weighted by molar-refractivity contribution is -0.127. The van der Waals surface area contributed by atoms with Gasteiger partial charge in [-0.1, -0.05) is 17.7 Å². The Bertz CT molecular complexity index is 772. The van der Waals surface area contributed by atoms with Gasteiger partial charge in [-0.25, -0.2) is 4.98 Å². The van der Waals surface area contributed by atoms with Crippen molar-refractivity contribution in [1.29, 1.82) is 0 Å². The average molecular weight is 376 g/mol. The van der Waals surface area contributed by atoms with Crippen molar-refractivity contribution in [3.8, 4) is 11.5 Å². The molecule has 0 radical (unpaired) electrons. The van der Waals surface area contributed by atoms with Crippen molar-refractivity contribution in [2.45, 2.75) is 46.2 Å². The van der Waals surface area contributed by atoms with Crippen molar-refractivity contribution in [1.82, 2.24) is 15.2 Å². The van der Waals surface area contributed by atoms with Crippen molar-refractivity contribution >= 4 is 17.5 Å². The molecule has 3 rings (SSSR count). The lowest BCUT2D eigenvalue weighted by Gasteiger charge is -2.31. The first-order valence-electron chi connectivity index (χ1n) is 9.17. The van der Waals surface area contributed by atoms with Gasteiger partial charge in [0.15, 0.2) is 0 Å². The van der Waals surface area contributed by atoms with Crippen LogP contribution in [0.25, 0.3) is 11.5 Å². The second-order valence-electron chi connectivity index (χ2n) is 7.27. The molecule has 0 saturated carbocycles. The van der Waals surface area contributed by atoms with Crippen LogP contribution in [0.1, 0.15) is 38.1 Å². The number of carbonyl (C=O) groups excluding carboxylic acids is 1. The molecule has 1 aromatic carbocycles. The minimum Gasteiger partial charge on any atom is -0.441 e. The van der Waals surface area contributed by atoms with Gasteiger partial charge in [0.2, 0.25) is 11.8 Å². The first-order valence-corrected chi connectivity index (χ1v) is 9.55. The molecule has 0 aliphatic carbocycles. The Hall–Kier alpha value is -1.85. The SMILES string of the molecule is Cc1oc(-c2cccc(Cl)c2)nc1CN1CCC[C@@H](C(=O)NC(C)C)C1. The lowest BCUT2D eigenvalue weighted by Crippen LogP contribution is -2.44. The van der Waals surface area contributed by atoms with E-state index in [0.29, 0.717) is 17.5 Å². The summed E-state index contributed by atoms with van der Waals surface area (Å²) in [6, 6.07) is 7.69. The molecular weight excluding hydrogens is 350 g/mol. The topological polar surface area (TPSA) is 58.4 Å². The summed E-state index contributed by atoms with van der Waals surface area (Å²) in [5.41, 5.74) is 1.80. The summed E-state index contributed by atoms with van der Waals surface area (Å²) in [6.45, 7) is 8.36.